The van der Waals surface area contributed by atoms with Crippen LogP contribution in [0.4, 0.5) is 5.69 Å². The van der Waals surface area contributed by atoms with Crippen LogP contribution in [0.5, 0.6) is 0 Å². The molecule has 0 spiro atoms. The number of hydrogen-bond acceptors (Lipinski definition) is 2. The summed E-state index contributed by atoms with van der Waals surface area (Å²) < 4.78 is 0. The topological polar surface area (TPSA) is 40.7 Å². The zero-order valence-electron chi connectivity index (χ0n) is 13.0. The second-order valence-electron chi connectivity index (χ2n) is 5.85. The zero-order valence-corrected chi connectivity index (χ0v) is 13.0. The van der Waals surface area contributed by atoms with E-state index in [1.807, 2.05) is 6.20 Å². The Balaban J connectivity index is 1.90. The van der Waals surface area contributed by atoms with Crippen LogP contribution in [0.15, 0.2) is 36.5 Å². The molecule has 1 unspecified atom stereocenters. The summed E-state index contributed by atoms with van der Waals surface area (Å²) in [6, 6.07) is 11.1. The lowest BCUT2D eigenvalue weighted by atomic mass is 9.94. The highest BCUT2D eigenvalue weighted by atomic mass is 15.1. The van der Waals surface area contributed by atoms with Crippen LogP contribution in [0.3, 0.4) is 0 Å². The number of nitrogens with one attached hydrogen (secondary N) is 2. The van der Waals surface area contributed by atoms with Crippen molar-refractivity contribution >= 4 is 16.6 Å². The Labute approximate surface area is 125 Å². The first-order chi connectivity index (χ1) is 10.0. The molecule has 0 saturated carbocycles. The van der Waals surface area contributed by atoms with Crippen molar-refractivity contribution in [3.63, 3.8) is 0 Å². The highest BCUT2D eigenvalue weighted by Crippen LogP contribution is 2.27. The Bertz CT molecular complexity index is 763. The van der Waals surface area contributed by atoms with Crippen molar-refractivity contribution in [2.24, 2.45) is 0 Å². The molecule has 1 atom stereocenters. The monoisotopic (exact) mass is 279 g/mol. The van der Waals surface area contributed by atoms with E-state index in [1.165, 1.54) is 22.3 Å². The number of hydrogen-bond donors (Lipinski definition) is 2. The molecule has 0 fully saturated rings. The molecule has 0 aliphatic carbocycles. The average molecular weight is 279 g/mol. The van der Waals surface area contributed by atoms with Crippen molar-refractivity contribution in [3.8, 4) is 0 Å². The Morgan fingerprint density at radius 1 is 1.05 bits per heavy atom. The number of H-pyrrole nitrogens is 1. The van der Waals surface area contributed by atoms with E-state index in [0.29, 0.717) is 0 Å². The highest BCUT2D eigenvalue weighted by Gasteiger charge is 2.12. The van der Waals surface area contributed by atoms with Crippen LogP contribution in [0.2, 0.25) is 0 Å². The minimum atomic E-state index is 0.273. The Morgan fingerprint density at radius 3 is 2.48 bits per heavy atom. The SMILES string of the molecule is Cc1cc(C)c(C(C)Nc2ccc3[nH]ncc3c2)c(C)c1. The number of anilines is 1. The predicted molar refractivity (Wildman–Crippen MR) is 88.8 cm³/mol. The van der Waals surface area contributed by atoms with E-state index in [0.717, 1.165) is 16.6 Å². The molecule has 0 bridgehead atoms. The molecule has 0 aliphatic rings. The van der Waals surface area contributed by atoms with Crippen molar-refractivity contribution in [1.29, 1.82) is 0 Å². The fourth-order valence-electron chi connectivity index (χ4n) is 3.23. The standard InChI is InChI=1S/C18H21N3/c1-11-7-12(2)18(13(3)8-11)14(4)20-16-5-6-17-15(9-16)10-19-21-17/h5-10,14,20H,1-4H3,(H,19,21). The third-order valence-electron chi connectivity index (χ3n) is 3.99. The van der Waals surface area contributed by atoms with Crippen molar-refractivity contribution < 1.29 is 0 Å². The van der Waals surface area contributed by atoms with Gasteiger partial charge in [0.1, 0.15) is 0 Å². The van der Waals surface area contributed by atoms with Crippen molar-refractivity contribution in [2.75, 3.05) is 5.32 Å². The van der Waals surface area contributed by atoms with Crippen molar-refractivity contribution in [2.45, 2.75) is 33.7 Å². The normalized spacial score (nSPS) is 12.6. The smallest absolute Gasteiger partial charge is 0.0651 e. The molecule has 3 nitrogen and oxygen atoms in total. The fraction of sp³-hybridized carbons (Fsp3) is 0.278. The average Bonchev–Trinajstić information content (AvgIpc) is 2.84. The molecule has 3 rings (SSSR count). The van der Waals surface area contributed by atoms with Crippen molar-refractivity contribution in [1.82, 2.24) is 10.2 Å². The first kappa shape index (κ1) is 13.7. The maximum Gasteiger partial charge on any atom is 0.0651 e. The van der Waals surface area contributed by atoms with Gasteiger partial charge < -0.3 is 5.32 Å². The van der Waals surface area contributed by atoms with E-state index >= 15 is 0 Å². The summed E-state index contributed by atoms with van der Waals surface area (Å²) in [6.07, 6.45) is 1.85. The second kappa shape index (κ2) is 5.24. The molecule has 0 saturated heterocycles. The number of rotatable bonds is 3. The number of aryl methyl sites for hydroxylation is 3. The van der Waals surface area contributed by atoms with Gasteiger partial charge in [-0.2, -0.15) is 5.10 Å². The van der Waals surface area contributed by atoms with Gasteiger partial charge in [-0.15, -0.1) is 0 Å². The zero-order chi connectivity index (χ0) is 15.0. The molecule has 2 N–H and O–H groups in total. The van der Waals surface area contributed by atoms with Crippen LogP contribution < -0.4 is 5.32 Å². The number of fused-ring (bicyclic) bond motifs is 1. The number of aromatic amines is 1. The maximum atomic E-state index is 4.06. The van der Waals surface area contributed by atoms with E-state index in [9.17, 15) is 0 Å². The lowest BCUT2D eigenvalue weighted by Crippen LogP contribution is -2.10. The van der Waals surface area contributed by atoms with Gasteiger partial charge in [-0.05, 0) is 62.6 Å². The fourth-order valence-corrected chi connectivity index (χ4v) is 3.23. The van der Waals surface area contributed by atoms with Crippen LogP contribution in [-0.4, -0.2) is 10.2 Å². The molecule has 0 radical (unpaired) electrons. The lowest BCUT2D eigenvalue weighted by molar-refractivity contribution is 0.862. The summed E-state index contributed by atoms with van der Waals surface area (Å²) in [5.74, 6) is 0. The minimum Gasteiger partial charge on any atom is -0.378 e. The van der Waals surface area contributed by atoms with E-state index in [1.54, 1.807) is 0 Å². The maximum absolute atomic E-state index is 4.06. The Morgan fingerprint density at radius 2 is 1.76 bits per heavy atom. The van der Waals surface area contributed by atoms with Crippen LogP contribution in [0, 0.1) is 20.8 Å². The molecule has 21 heavy (non-hydrogen) atoms. The van der Waals surface area contributed by atoms with E-state index in [-0.39, 0.29) is 6.04 Å². The van der Waals surface area contributed by atoms with Crippen LogP contribution in [0.25, 0.3) is 10.9 Å². The molecule has 3 aromatic rings. The van der Waals surface area contributed by atoms with Crippen LogP contribution in [-0.2, 0) is 0 Å². The van der Waals surface area contributed by atoms with Gasteiger partial charge in [0.05, 0.1) is 11.7 Å². The van der Waals surface area contributed by atoms with Gasteiger partial charge in [0.2, 0.25) is 0 Å². The summed E-state index contributed by atoms with van der Waals surface area (Å²) in [4.78, 5) is 0. The summed E-state index contributed by atoms with van der Waals surface area (Å²) in [7, 11) is 0. The lowest BCUT2D eigenvalue weighted by Gasteiger charge is -2.21. The minimum absolute atomic E-state index is 0.273. The summed E-state index contributed by atoms with van der Waals surface area (Å²) in [6.45, 7) is 8.73. The number of nitrogens with zero attached hydrogens (tertiary/aromatic N) is 1. The van der Waals surface area contributed by atoms with Gasteiger partial charge >= 0.3 is 0 Å². The van der Waals surface area contributed by atoms with E-state index < -0.39 is 0 Å². The number of aromatic nitrogens is 2. The van der Waals surface area contributed by atoms with Crippen molar-refractivity contribution in [3.05, 3.63) is 58.8 Å². The summed E-state index contributed by atoms with van der Waals surface area (Å²) in [5.41, 5.74) is 7.58. The molecule has 108 valence electrons. The van der Waals surface area contributed by atoms with Crippen LogP contribution in [0.1, 0.15) is 35.2 Å². The molecule has 0 amide bonds. The highest BCUT2D eigenvalue weighted by molar-refractivity contribution is 5.81. The van der Waals surface area contributed by atoms with Gasteiger partial charge in [-0.25, -0.2) is 0 Å². The Hall–Kier alpha value is -2.29. The predicted octanol–water partition coefficient (Wildman–Crippen LogP) is 4.66. The third-order valence-corrected chi connectivity index (χ3v) is 3.99. The molecule has 3 heteroatoms. The van der Waals surface area contributed by atoms with Gasteiger partial charge in [0, 0.05) is 17.1 Å². The van der Waals surface area contributed by atoms with Crippen LogP contribution >= 0.6 is 0 Å². The van der Waals surface area contributed by atoms with Gasteiger partial charge in [-0.3, -0.25) is 5.10 Å². The quantitative estimate of drug-likeness (QED) is 0.732. The second-order valence-corrected chi connectivity index (χ2v) is 5.85. The van der Waals surface area contributed by atoms with E-state index in [4.69, 9.17) is 0 Å². The molecule has 1 heterocycles. The largest absolute Gasteiger partial charge is 0.378 e. The molecular formula is C18H21N3. The first-order valence-corrected chi connectivity index (χ1v) is 7.32. The molecular weight excluding hydrogens is 258 g/mol. The Kier molecular flexibility index (Phi) is 3.42. The number of benzene rings is 2. The van der Waals surface area contributed by atoms with Gasteiger partial charge in [0.25, 0.3) is 0 Å². The van der Waals surface area contributed by atoms with Gasteiger partial charge in [-0.1, -0.05) is 17.7 Å². The molecule has 2 aromatic carbocycles. The molecule has 0 aliphatic heterocycles. The first-order valence-electron chi connectivity index (χ1n) is 7.32. The van der Waals surface area contributed by atoms with Gasteiger partial charge in [0.15, 0.2) is 0 Å². The molecule has 1 aromatic heterocycles. The third kappa shape index (κ3) is 2.64. The summed E-state index contributed by atoms with van der Waals surface area (Å²) in [5, 5.41) is 11.8. The summed E-state index contributed by atoms with van der Waals surface area (Å²) >= 11 is 0. The van der Waals surface area contributed by atoms with E-state index in [2.05, 4.69) is 73.5 Å².